The Morgan fingerprint density at radius 1 is 1.40 bits per heavy atom. The van der Waals surface area contributed by atoms with E-state index >= 15 is 0 Å². The lowest BCUT2D eigenvalue weighted by Crippen LogP contribution is -2.26. The Morgan fingerprint density at radius 2 is 2.15 bits per heavy atom. The highest BCUT2D eigenvalue weighted by Crippen LogP contribution is 2.31. The fourth-order valence-corrected chi connectivity index (χ4v) is 2.78. The summed E-state index contributed by atoms with van der Waals surface area (Å²) in [5.74, 6) is 0.939. The molecule has 112 valence electrons. The van der Waals surface area contributed by atoms with Crippen molar-refractivity contribution in [1.29, 1.82) is 0 Å². The molecule has 0 aliphatic carbocycles. The van der Waals surface area contributed by atoms with Crippen molar-refractivity contribution < 1.29 is 17.9 Å². The molecule has 2 N–H and O–H groups in total. The SMILES string of the molecule is CN(CCS(C)(=O)=O)Cc1cc(N)cc2c1OCOC2. The first-order valence-corrected chi connectivity index (χ1v) is 8.39. The van der Waals surface area contributed by atoms with Crippen LogP contribution in [0.4, 0.5) is 5.69 Å². The van der Waals surface area contributed by atoms with Crippen LogP contribution in [0.15, 0.2) is 12.1 Å². The summed E-state index contributed by atoms with van der Waals surface area (Å²) in [6, 6.07) is 3.70. The second-order valence-corrected chi connectivity index (χ2v) is 7.41. The molecule has 0 fully saturated rings. The summed E-state index contributed by atoms with van der Waals surface area (Å²) >= 11 is 0. The number of anilines is 1. The van der Waals surface area contributed by atoms with Gasteiger partial charge in [0.1, 0.15) is 15.6 Å². The third-order valence-electron chi connectivity index (χ3n) is 3.09. The molecule has 0 saturated carbocycles. The van der Waals surface area contributed by atoms with Crippen molar-refractivity contribution in [2.45, 2.75) is 13.2 Å². The van der Waals surface area contributed by atoms with Crippen molar-refractivity contribution in [2.75, 3.05) is 38.1 Å². The number of hydrogen-bond acceptors (Lipinski definition) is 6. The zero-order valence-corrected chi connectivity index (χ0v) is 12.6. The van der Waals surface area contributed by atoms with Crippen LogP contribution in [0.25, 0.3) is 0 Å². The minimum Gasteiger partial charge on any atom is -0.467 e. The third-order valence-corrected chi connectivity index (χ3v) is 4.02. The number of benzene rings is 1. The third kappa shape index (κ3) is 4.09. The van der Waals surface area contributed by atoms with Gasteiger partial charge in [0.05, 0.1) is 12.4 Å². The Labute approximate surface area is 119 Å². The minimum absolute atomic E-state index is 0.137. The lowest BCUT2D eigenvalue weighted by atomic mass is 10.1. The highest BCUT2D eigenvalue weighted by Gasteiger charge is 2.17. The molecule has 0 unspecified atom stereocenters. The summed E-state index contributed by atoms with van der Waals surface area (Å²) in [5.41, 5.74) is 8.42. The molecule has 0 saturated heterocycles. The zero-order valence-electron chi connectivity index (χ0n) is 11.8. The van der Waals surface area contributed by atoms with E-state index < -0.39 is 9.84 Å². The van der Waals surface area contributed by atoms with E-state index in [-0.39, 0.29) is 12.5 Å². The predicted molar refractivity (Wildman–Crippen MR) is 77.2 cm³/mol. The maximum Gasteiger partial charge on any atom is 0.189 e. The summed E-state index contributed by atoms with van der Waals surface area (Å²) in [5, 5.41) is 0. The Balaban J connectivity index is 2.10. The minimum atomic E-state index is -2.95. The van der Waals surface area contributed by atoms with Gasteiger partial charge in [0.15, 0.2) is 6.79 Å². The fraction of sp³-hybridized carbons (Fsp3) is 0.538. The van der Waals surface area contributed by atoms with Gasteiger partial charge in [0, 0.05) is 36.2 Å². The molecule has 2 rings (SSSR count). The summed E-state index contributed by atoms with van der Waals surface area (Å²) in [4.78, 5) is 1.94. The van der Waals surface area contributed by atoms with Gasteiger partial charge in [0.2, 0.25) is 0 Å². The Hall–Kier alpha value is -1.31. The average Bonchev–Trinajstić information content (AvgIpc) is 2.35. The summed E-state index contributed by atoms with van der Waals surface area (Å²) in [6.07, 6.45) is 1.24. The van der Waals surface area contributed by atoms with Crippen LogP contribution in [0.2, 0.25) is 0 Å². The lowest BCUT2D eigenvalue weighted by molar-refractivity contribution is -0.0173. The van der Waals surface area contributed by atoms with Crippen LogP contribution >= 0.6 is 0 Å². The molecule has 0 amide bonds. The van der Waals surface area contributed by atoms with E-state index in [0.29, 0.717) is 25.4 Å². The van der Waals surface area contributed by atoms with Gasteiger partial charge in [-0.2, -0.15) is 0 Å². The molecular weight excluding hydrogens is 280 g/mol. The van der Waals surface area contributed by atoms with Gasteiger partial charge in [-0.05, 0) is 19.2 Å². The fourth-order valence-electron chi connectivity index (χ4n) is 2.14. The summed E-state index contributed by atoms with van der Waals surface area (Å²) in [7, 11) is -1.08. The number of nitrogens with two attached hydrogens (primary N) is 1. The predicted octanol–water partition coefficient (Wildman–Crippen LogP) is 0.612. The van der Waals surface area contributed by atoms with Crippen LogP contribution in [0, 0.1) is 0 Å². The first-order chi connectivity index (χ1) is 9.35. The Kier molecular flexibility index (Phi) is 4.52. The van der Waals surface area contributed by atoms with E-state index in [2.05, 4.69) is 0 Å². The van der Waals surface area contributed by atoms with Crippen molar-refractivity contribution in [3.05, 3.63) is 23.3 Å². The van der Waals surface area contributed by atoms with Gasteiger partial charge < -0.3 is 20.1 Å². The van der Waals surface area contributed by atoms with E-state index in [0.717, 1.165) is 16.9 Å². The molecule has 0 spiro atoms. The van der Waals surface area contributed by atoms with Gasteiger partial charge in [-0.1, -0.05) is 0 Å². The molecule has 7 heteroatoms. The molecule has 0 radical (unpaired) electrons. The van der Waals surface area contributed by atoms with Crippen LogP contribution < -0.4 is 10.5 Å². The van der Waals surface area contributed by atoms with E-state index in [4.69, 9.17) is 15.2 Å². The van der Waals surface area contributed by atoms with Crippen molar-refractivity contribution in [3.63, 3.8) is 0 Å². The second kappa shape index (κ2) is 5.99. The smallest absolute Gasteiger partial charge is 0.189 e. The highest BCUT2D eigenvalue weighted by atomic mass is 32.2. The maximum absolute atomic E-state index is 11.2. The number of nitrogens with zero attached hydrogens (tertiary/aromatic N) is 1. The van der Waals surface area contributed by atoms with Gasteiger partial charge in [-0.15, -0.1) is 0 Å². The largest absolute Gasteiger partial charge is 0.467 e. The van der Waals surface area contributed by atoms with Crippen LogP contribution in [-0.4, -0.2) is 45.7 Å². The lowest BCUT2D eigenvalue weighted by Gasteiger charge is -2.24. The van der Waals surface area contributed by atoms with Gasteiger partial charge >= 0.3 is 0 Å². The number of rotatable bonds is 5. The molecule has 1 aromatic carbocycles. The van der Waals surface area contributed by atoms with Crippen molar-refractivity contribution >= 4 is 15.5 Å². The van der Waals surface area contributed by atoms with Crippen molar-refractivity contribution in [1.82, 2.24) is 4.90 Å². The van der Waals surface area contributed by atoms with E-state index in [9.17, 15) is 8.42 Å². The molecule has 6 nitrogen and oxygen atoms in total. The second-order valence-electron chi connectivity index (χ2n) is 5.15. The number of fused-ring (bicyclic) bond motifs is 1. The van der Waals surface area contributed by atoms with E-state index in [1.807, 2.05) is 24.1 Å². The molecule has 0 bridgehead atoms. The van der Waals surface area contributed by atoms with Crippen molar-refractivity contribution in [3.8, 4) is 5.75 Å². The van der Waals surface area contributed by atoms with Gasteiger partial charge in [-0.3, -0.25) is 0 Å². The molecule has 20 heavy (non-hydrogen) atoms. The molecular formula is C13H20N2O4S. The molecule has 1 heterocycles. The first-order valence-electron chi connectivity index (χ1n) is 6.33. The first kappa shape index (κ1) is 15.1. The number of ether oxygens (including phenoxy) is 2. The monoisotopic (exact) mass is 300 g/mol. The quantitative estimate of drug-likeness (QED) is 0.802. The summed E-state index contributed by atoms with van der Waals surface area (Å²) < 4.78 is 33.1. The van der Waals surface area contributed by atoms with Gasteiger partial charge in [0.25, 0.3) is 0 Å². The van der Waals surface area contributed by atoms with Gasteiger partial charge in [-0.25, -0.2) is 8.42 Å². The average molecular weight is 300 g/mol. The Bertz CT molecular complexity index is 586. The maximum atomic E-state index is 11.2. The van der Waals surface area contributed by atoms with Crippen LogP contribution in [0.1, 0.15) is 11.1 Å². The normalized spacial score (nSPS) is 14.9. The standard InChI is InChI=1S/C13H20N2O4S/c1-15(3-4-20(2,16)17)7-10-5-12(14)6-11-8-18-9-19-13(10)11/h5-6H,3-4,7-9,14H2,1-2H3. The molecule has 1 aliphatic heterocycles. The Morgan fingerprint density at radius 3 is 2.85 bits per heavy atom. The van der Waals surface area contributed by atoms with E-state index in [1.54, 1.807) is 0 Å². The van der Waals surface area contributed by atoms with Crippen LogP contribution in [0.3, 0.4) is 0 Å². The zero-order chi connectivity index (χ0) is 14.8. The van der Waals surface area contributed by atoms with E-state index in [1.165, 1.54) is 6.26 Å². The molecule has 1 aliphatic rings. The van der Waals surface area contributed by atoms with Crippen molar-refractivity contribution in [2.24, 2.45) is 0 Å². The highest BCUT2D eigenvalue weighted by molar-refractivity contribution is 7.90. The van der Waals surface area contributed by atoms with Crippen LogP contribution in [0.5, 0.6) is 5.75 Å². The van der Waals surface area contributed by atoms with Crippen LogP contribution in [-0.2, 0) is 27.7 Å². The topological polar surface area (TPSA) is 81.9 Å². The number of sulfone groups is 1. The number of hydrogen-bond donors (Lipinski definition) is 1. The number of nitrogen functional groups attached to an aromatic ring is 1. The summed E-state index contributed by atoms with van der Waals surface area (Å²) in [6.45, 7) is 1.78. The molecule has 0 atom stereocenters. The molecule has 0 aromatic heterocycles. The molecule has 1 aromatic rings.